The SMILES string of the molecule is C=CCN1C(=O)c2ccc(C(=O)O[C@H](C)C(=O)N[C@@H]3CCCC[C@H]3C)cc2C1=O. The van der Waals surface area contributed by atoms with E-state index in [4.69, 9.17) is 4.74 Å². The normalized spacial score (nSPS) is 22.1. The molecule has 1 aliphatic carbocycles. The first-order chi connectivity index (χ1) is 13.8. The second-order valence-electron chi connectivity index (χ2n) is 7.69. The lowest BCUT2D eigenvalue weighted by Crippen LogP contribution is -2.46. The summed E-state index contributed by atoms with van der Waals surface area (Å²) in [6.07, 6.45) is 4.75. The highest BCUT2D eigenvalue weighted by Crippen LogP contribution is 2.25. The van der Waals surface area contributed by atoms with Gasteiger partial charge in [0.2, 0.25) is 0 Å². The van der Waals surface area contributed by atoms with Crippen LogP contribution in [-0.4, -0.2) is 47.3 Å². The van der Waals surface area contributed by atoms with Crippen molar-refractivity contribution in [1.29, 1.82) is 0 Å². The van der Waals surface area contributed by atoms with E-state index in [2.05, 4.69) is 18.8 Å². The molecule has 7 heteroatoms. The van der Waals surface area contributed by atoms with Crippen molar-refractivity contribution in [3.63, 3.8) is 0 Å². The highest BCUT2D eigenvalue weighted by molar-refractivity contribution is 6.22. The molecule has 0 aromatic heterocycles. The van der Waals surface area contributed by atoms with Gasteiger partial charge in [-0.15, -0.1) is 6.58 Å². The number of fused-ring (bicyclic) bond motifs is 1. The van der Waals surface area contributed by atoms with Crippen LogP contribution < -0.4 is 5.32 Å². The third-order valence-corrected chi connectivity index (χ3v) is 5.61. The number of carbonyl (C=O) groups is 4. The zero-order valence-corrected chi connectivity index (χ0v) is 16.8. The molecule has 7 nitrogen and oxygen atoms in total. The summed E-state index contributed by atoms with van der Waals surface area (Å²) in [5.41, 5.74) is 0.515. The number of carbonyl (C=O) groups excluding carboxylic acids is 4. The summed E-state index contributed by atoms with van der Waals surface area (Å²) in [5.74, 6) is -1.54. The van der Waals surface area contributed by atoms with Crippen molar-refractivity contribution in [1.82, 2.24) is 10.2 Å². The van der Waals surface area contributed by atoms with E-state index in [1.807, 2.05) is 0 Å². The smallest absolute Gasteiger partial charge is 0.338 e. The van der Waals surface area contributed by atoms with Gasteiger partial charge in [0.15, 0.2) is 6.10 Å². The second-order valence-corrected chi connectivity index (χ2v) is 7.69. The van der Waals surface area contributed by atoms with Gasteiger partial charge in [0.25, 0.3) is 17.7 Å². The monoisotopic (exact) mass is 398 g/mol. The molecular weight excluding hydrogens is 372 g/mol. The van der Waals surface area contributed by atoms with Crippen molar-refractivity contribution in [3.8, 4) is 0 Å². The van der Waals surface area contributed by atoms with Crippen LogP contribution in [0, 0.1) is 5.92 Å². The summed E-state index contributed by atoms with van der Waals surface area (Å²) in [6.45, 7) is 7.27. The largest absolute Gasteiger partial charge is 0.449 e. The molecule has 1 saturated carbocycles. The molecule has 1 aromatic carbocycles. The molecule has 0 radical (unpaired) electrons. The van der Waals surface area contributed by atoms with E-state index >= 15 is 0 Å². The third kappa shape index (κ3) is 4.23. The molecule has 154 valence electrons. The van der Waals surface area contributed by atoms with E-state index in [0.29, 0.717) is 5.92 Å². The van der Waals surface area contributed by atoms with Crippen LogP contribution in [0.5, 0.6) is 0 Å². The lowest BCUT2D eigenvalue weighted by Gasteiger charge is -2.30. The molecule has 0 saturated heterocycles. The summed E-state index contributed by atoms with van der Waals surface area (Å²) >= 11 is 0. The maximum Gasteiger partial charge on any atom is 0.338 e. The van der Waals surface area contributed by atoms with Crippen molar-refractivity contribution >= 4 is 23.7 Å². The molecule has 3 amide bonds. The number of imide groups is 1. The van der Waals surface area contributed by atoms with Crippen molar-refractivity contribution in [2.45, 2.75) is 51.7 Å². The van der Waals surface area contributed by atoms with E-state index in [-0.39, 0.29) is 35.2 Å². The van der Waals surface area contributed by atoms with E-state index < -0.39 is 23.9 Å². The van der Waals surface area contributed by atoms with Gasteiger partial charge in [-0.3, -0.25) is 19.3 Å². The lowest BCUT2D eigenvalue weighted by atomic mass is 9.86. The number of hydrogen-bond donors (Lipinski definition) is 1. The summed E-state index contributed by atoms with van der Waals surface area (Å²) < 4.78 is 5.29. The van der Waals surface area contributed by atoms with Gasteiger partial charge in [0, 0.05) is 12.6 Å². The van der Waals surface area contributed by atoms with Crippen LogP contribution in [0.1, 0.15) is 70.6 Å². The van der Waals surface area contributed by atoms with Crippen molar-refractivity contribution in [2.24, 2.45) is 5.92 Å². The van der Waals surface area contributed by atoms with Crippen LogP contribution in [-0.2, 0) is 9.53 Å². The summed E-state index contributed by atoms with van der Waals surface area (Å²) in [4.78, 5) is 50.6. The predicted octanol–water partition coefficient (Wildman–Crippen LogP) is 2.71. The Kier molecular flexibility index (Phi) is 6.15. The predicted molar refractivity (Wildman–Crippen MR) is 106 cm³/mol. The number of esters is 1. The first-order valence-corrected chi connectivity index (χ1v) is 9.96. The van der Waals surface area contributed by atoms with Crippen LogP contribution in [0.4, 0.5) is 0 Å². The summed E-state index contributed by atoms with van der Waals surface area (Å²) in [5, 5.41) is 2.97. The lowest BCUT2D eigenvalue weighted by molar-refractivity contribution is -0.130. The molecule has 3 atom stereocenters. The van der Waals surface area contributed by atoms with E-state index in [1.165, 1.54) is 37.6 Å². The van der Waals surface area contributed by atoms with Gasteiger partial charge in [-0.25, -0.2) is 4.79 Å². The topological polar surface area (TPSA) is 92.8 Å². The quantitative estimate of drug-likeness (QED) is 0.452. The zero-order valence-electron chi connectivity index (χ0n) is 16.8. The molecule has 3 rings (SSSR count). The summed E-state index contributed by atoms with van der Waals surface area (Å²) in [6, 6.07) is 4.30. The molecule has 1 N–H and O–H groups in total. The Morgan fingerprint density at radius 2 is 1.93 bits per heavy atom. The van der Waals surface area contributed by atoms with E-state index in [0.717, 1.165) is 24.2 Å². The van der Waals surface area contributed by atoms with Crippen LogP contribution >= 0.6 is 0 Å². The maximum atomic E-state index is 12.5. The minimum absolute atomic E-state index is 0.0943. The standard InChI is InChI=1S/C22H26N2O5/c1-4-11-24-20(26)16-10-9-15(12-17(16)21(24)27)22(28)29-14(3)19(25)23-18-8-6-5-7-13(18)2/h4,9-10,12-14,18H,1,5-8,11H2,2-3H3,(H,23,25)/t13-,14-,18-/m1/s1. The maximum absolute atomic E-state index is 12.5. The van der Waals surface area contributed by atoms with Crippen LogP contribution in [0.2, 0.25) is 0 Å². The Morgan fingerprint density at radius 1 is 1.24 bits per heavy atom. The number of nitrogens with zero attached hydrogens (tertiary/aromatic N) is 1. The van der Waals surface area contributed by atoms with Gasteiger partial charge in [-0.1, -0.05) is 25.8 Å². The number of nitrogens with one attached hydrogen (secondary N) is 1. The highest BCUT2D eigenvalue weighted by atomic mass is 16.5. The molecule has 1 aromatic rings. The number of hydrogen-bond acceptors (Lipinski definition) is 5. The Bertz CT molecular complexity index is 863. The van der Waals surface area contributed by atoms with Crippen molar-refractivity contribution in [3.05, 3.63) is 47.5 Å². The van der Waals surface area contributed by atoms with Gasteiger partial charge >= 0.3 is 5.97 Å². The van der Waals surface area contributed by atoms with Crippen LogP contribution in [0.15, 0.2) is 30.9 Å². The fraction of sp³-hybridized carbons (Fsp3) is 0.455. The van der Waals surface area contributed by atoms with Crippen molar-refractivity contribution < 1.29 is 23.9 Å². The van der Waals surface area contributed by atoms with Crippen LogP contribution in [0.25, 0.3) is 0 Å². The third-order valence-electron chi connectivity index (χ3n) is 5.61. The van der Waals surface area contributed by atoms with Crippen LogP contribution in [0.3, 0.4) is 0 Å². The first-order valence-electron chi connectivity index (χ1n) is 9.96. The van der Waals surface area contributed by atoms with Gasteiger partial charge in [0.1, 0.15) is 0 Å². The van der Waals surface area contributed by atoms with E-state index in [9.17, 15) is 19.2 Å². The molecule has 0 spiro atoms. The molecule has 1 aliphatic heterocycles. The highest BCUT2D eigenvalue weighted by Gasteiger charge is 2.35. The Labute approximate surface area is 170 Å². The van der Waals surface area contributed by atoms with Gasteiger partial charge < -0.3 is 10.1 Å². The fourth-order valence-electron chi connectivity index (χ4n) is 3.83. The minimum atomic E-state index is -0.959. The summed E-state index contributed by atoms with van der Waals surface area (Å²) in [7, 11) is 0. The fourth-order valence-corrected chi connectivity index (χ4v) is 3.83. The molecule has 0 bridgehead atoms. The number of ether oxygens (including phenoxy) is 1. The second kappa shape index (κ2) is 8.59. The molecule has 2 aliphatic rings. The Hall–Kier alpha value is -2.96. The van der Waals surface area contributed by atoms with Gasteiger partial charge in [0.05, 0.1) is 16.7 Å². The average molecular weight is 398 g/mol. The minimum Gasteiger partial charge on any atom is -0.449 e. The van der Waals surface area contributed by atoms with Gasteiger partial charge in [-0.05, 0) is 43.9 Å². The zero-order chi connectivity index (χ0) is 21.1. The van der Waals surface area contributed by atoms with E-state index in [1.54, 1.807) is 0 Å². The van der Waals surface area contributed by atoms with Gasteiger partial charge in [-0.2, -0.15) is 0 Å². The number of benzene rings is 1. The molecule has 0 unspecified atom stereocenters. The Morgan fingerprint density at radius 3 is 2.62 bits per heavy atom. The first kappa shape index (κ1) is 20.8. The average Bonchev–Trinajstić information content (AvgIpc) is 2.94. The van der Waals surface area contributed by atoms with Crippen molar-refractivity contribution in [2.75, 3.05) is 6.54 Å². The number of amides is 3. The number of rotatable bonds is 6. The molecular formula is C22H26N2O5. The Balaban J connectivity index is 1.65. The molecule has 1 fully saturated rings. The molecule has 29 heavy (non-hydrogen) atoms. The molecule has 1 heterocycles.